The number of amides is 4. The monoisotopic (exact) mass is 404 g/mol. The summed E-state index contributed by atoms with van der Waals surface area (Å²) in [4.78, 5) is 61.5. The Kier molecular flexibility index (Phi) is 7.88. The lowest BCUT2D eigenvalue weighted by Crippen LogP contribution is -2.52. The number of nitrogens with one attached hydrogen (secondary N) is 6. The van der Waals surface area contributed by atoms with Gasteiger partial charge in [-0.05, 0) is 0 Å². The molecular weight excluding hydrogens is 380 g/mol. The number of hydrogen-bond acceptors (Lipinski definition) is 6. The molecule has 6 N–H and O–H groups in total. The van der Waals surface area contributed by atoms with Gasteiger partial charge in [0.25, 0.3) is 0 Å². The molecule has 0 saturated heterocycles. The van der Waals surface area contributed by atoms with E-state index < -0.39 is 23.9 Å². The molecule has 2 atom stereocenters. The average Bonchev–Trinajstić information content (AvgIpc) is 3.38. The minimum atomic E-state index is -0.875. The van der Waals surface area contributed by atoms with Crippen LogP contribution in [0.5, 0.6) is 0 Å². The van der Waals surface area contributed by atoms with Crippen molar-refractivity contribution >= 4 is 23.6 Å². The van der Waals surface area contributed by atoms with Gasteiger partial charge in [0.1, 0.15) is 12.1 Å². The summed E-state index contributed by atoms with van der Waals surface area (Å²) in [7, 11) is 1.46. The maximum Gasteiger partial charge on any atom is 0.243 e. The van der Waals surface area contributed by atoms with Gasteiger partial charge in [-0.2, -0.15) is 0 Å². The summed E-state index contributed by atoms with van der Waals surface area (Å²) >= 11 is 0. The van der Waals surface area contributed by atoms with Gasteiger partial charge < -0.3 is 31.2 Å². The van der Waals surface area contributed by atoms with E-state index in [-0.39, 0.29) is 31.2 Å². The first-order chi connectivity index (χ1) is 13.9. The predicted molar refractivity (Wildman–Crippen MR) is 101 cm³/mol. The summed E-state index contributed by atoms with van der Waals surface area (Å²) in [5.74, 6) is -1.84. The van der Waals surface area contributed by atoms with Crippen molar-refractivity contribution in [3.05, 3.63) is 36.4 Å². The Hall–Kier alpha value is -3.70. The van der Waals surface area contributed by atoms with Crippen molar-refractivity contribution in [2.24, 2.45) is 0 Å². The quantitative estimate of drug-likeness (QED) is 0.261. The third kappa shape index (κ3) is 7.08. The standard InChI is InChI=1S/C17H24N8O4/c1-10(26)24-14(4-12-6-20-9-23-12)17(29)21-7-15(27)25-13(16(28)18-2)3-11-5-19-8-22-11/h5-6,8-9,13-14H,3-4,7H2,1-2H3,(H,18,28)(H,19,22)(H,20,23)(H,21,29)(H,24,26)(H,25,27)/t13-,14-/m0/s1. The first-order valence-electron chi connectivity index (χ1n) is 8.89. The summed E-state index contributed by atoms with van der Waals surface area (Å²) in [6.07, 6.45) is 6.43. The van der Waals surface area contributed by atoms with Crippen molar-refractivity contribution in [3.8, 4) is 0 Å². The molecule has 29 heavy (non-hydrogen) atoms. The molecule has 0 fully saturated rings. The number of aromatic amines is 2. The van der Waals surface area contributed by atoms with Crippen molar-refractivity contribution in [3.63, 3.8) is 0 Å². The molecule has 4 amide bonds. The third-order valence-electron chi connectivity index (χ3n) is 3.97. The molecule has 0 aliphatic carbocycles. The van der Waals surface area contributed by atoms with Crippen LogP contribution in [0.2, 0.25) is 0 Å². The maximum absolute atomic E-state index is 12.4. The van der Waals surface area contributed by atoms with Gasteiger partial charge in [0, 0.05) is 50.6 Å². The van der Waals surface area contributed by atoms with Crippen molar-refractivity contribution in [2.45, 2.75) is 31.8 Å². The topological polar surface area (TPSA) is 174 Å². The van der Waals surface area contributed by atoms with Crippen LogP contribution in [0.3, 0.4) is 0 Å². The number of likely N-dealkylation sites (N-methyl/N-ethyl adjacent to an activating group) is 1. The Bertz CT molecular complexity index is 819. The Labute approximate surface area is 166 Å². The lowest BCUT2D eigenvalue weighted by Gasteiger charge is -2.19. The molecule has 156 valence electrons. The zero-order chi connectivity index (χ0) is 21.2. The number of carbonyl (C=O) groups excluding carboxylic acids is 4. The van der Waals surface area contributed by atoms with Gasteiger partial charge >= 0.3 is 0 Å². The van der Waals surface area contributed by atoms with Crippen LogP contribution in [0.25, 0.3) is 0 Å². The van der Waals surface area contributed by atoms with Crippen LogP contribution in [0, 0.1) is 0 Å². The lowest BCUT2D eigenvalue weighted by molar-refractivity contribution is -0.131. The molecule has 0 aromatic carbocycles. The van der Waals surface area contributed by atoms with E-state index in [4.69, 9.17) is 0 Å². The summed E-state index contributed by atoms with van der Waals surface area (Å²) in [6, 6.07) is -1.71. The molecule has 12 heteroatoms. The zero-order valence-corrected chi connectivity index (χ0v) is 16.1. The number of H-pyrrole nitrogens is 2. The highest BCUT2D eigenvalue weighted by molar-refractivity contribution is 5.92. The highest BCUT2D eigenvalue weighted by atomic mass is 16.2. The predicted octanol–water partition coefficient (Wildman–Crippen LogP) is -2.23. The molecule has 0 saturated carbocycles. The van der Waals surface area contributed by atoms with Gasteiger partial charge in [-0.1, -0.05) is 0 Å². The summed E-state index contributed by atoms with van der Waals surface area (Å²) < 4.78 is 0. The summed E-state index contributed by atoms with van der Waals surface area (Å²) in [5, 5.41) is 10.1. The number of hydrogen-bond donors (Lipinski definition) is 6. The second-order valence-corrected chi connectivity index (χ2v) is 6.27. The van der Waals surface area contributed by atoms with Crippen molar-refractivity contribution < 1.29 is 19.2 Å². The van der Waals surface area contributed by atoms with Gasteiger partial charge in [-0.25, -0.2) is 9.97 Å². The number of nitrogens with zero attached hydrogens (tertiary/aromatic N) is 2. The van der Waals surface area contributed by atoms with Crippen molar-refractivity contribution in [2.75, 3.05) is 13.6 Å². The summed E-state index contributed by atoms with van der Waals surface area (Å²) in [6.45, 7) is 0.942. The van der Waals surface area contributed by atoms with Gasteiger partial charge in [0.2, 0.25) is 23.6 Å². The normalized spacial score (nSPS) is 12.5. The summed E-state index contributed by atoms with van der Waals surface area (Å²) in [5.41, 5.74) is 1.33. The van der Waals surface area contributed by atoms with E-state index in [1.165, 1.54) is 32.8 Å². The first kappa shape index (κ1) is 21.6. The molecule has 2 heterocycles. The molecule has 0 radical (unpaired) electrons. The largest absolute Gasteiger partial charge is 0.357 e. The van der Waals surface area contributed by atoms with E-state index in [0.717, 1.165) is 0 Å². The van der Waals surface area contributed by atoms with E-state index in [1.807, 2.05) is 0 Å². The highest BCUT2D eigenvalue weighted by Gasteiger charge is 2.23. The Morgan fingerprint density at radius 3 is 1.93 bits per heavy atom. The molecule has 2 aromatic heterocycles. The number of aromatic nitrogens is 4. The first-order valence-corrected chi connectivity index (χ1v) is 8.89. The van der Waals surface area contributed by atoms with E-state index in [0.29, 0.717) is 11.4 Å². The van der Waals surface area contributed by atoms with Gasteiger partial charge in [-0.3, -0.25) is 19.2 Å². The molecule has 0 spiro atoms. The van der Waals surface area contributed by atoms with Crippen LogP contribution in [0.4, 0.5) is 0 Å². The molecule has 2 aromatic rings. The van der Waals surface area contributed by atoms with Crippen LogP contribution in [-0.4, -0.2) is 69.2 Å². The van der Waals surface area contributed by atoms with Gasteiger partial charge in [0.05, 0.1) is 19.2 Å². The molecular formula is C17H24N8O4. The fourth-order valence-corrected chi connectivity index (χ4v) is 2.61. The highest BCUT2D eigenvalue weighted by Crippen LogP contribution is 2.00. The molecule has 0 bridgehead atoms. The zero-order valence-electron chi connectivity index (χ0n) is 16.1. The lowest BCUT2D eigenvalue weighted by atomic mass is 10.1. The van der Waals surface area contributed by atoms with Gasteiger partial charge in [0.15, 0.2) is 0 Å². The van der Waals surface area contributed by atoms with Crippen LogP contribution < -0.4 is 21.3 Å². The van der Waals surface area contributed by atoms with Crippen LogP contribution in [0.15, 0.2) is 25.0 Å². The molecule has 0 unspecified atom stereocenters. The van der Waals surface area contributed by atoms with E-state index >= 15 is 0 Å². The number of imidazole rings is 2. The van der Waals surface area contributed by atoms with E-state index in [2.05, 4.69) is 41.2 Å². The Morgan fingerprint density at radius 1 is 0.931 bits per heavy atom. The van der Waals surface area contributed by atoms with Crippen LogP contribution in [0.1, 0.15) is 18.3 Å². The molecule has 2 rings (SSSR count). The third-order valence-corrected chi connectivity index (χ3v) is 3.97. The molecule has 0 aliphatic heterocycles. The maximum atomic E-state index is 12.4. The Morgan fingerprint density at radius 2 is 1.48 bits per heavy atom. The fourth-order valence-electron chi connectivity index (χ4n) is 2.61. The second kappa shape index (κ2) is 10.6. The SMILES string of the molecule is CNC(=O)[C@H](Cc1cnc[nH]1)NC(=O)CNC(=O)[C@H](Cc1cnc[nH]1)NC(C)=O. The smallest absolute Gasteiger partial charge is 0.243 e. The van der Waals surface area contributed by atoms with Crippen molar-refractivity contribution in [1.29, 1.82) is 0 Å². The minimum absolute atomic E-state index is 0.188. The minimum Gasteiger partial charge on any atom is -0.357 e. The number of carbonyl (C=O) groups is 4. The van der Waals surface area contributed by atoms with Crippen LogP contribution in [-0.2, 0) is 32.0 Å². The fraction of sp³-hybridized carbons (Fsp3) is 0.412. The second-order valence-electron chi connectivity index (χ2n) is 6.27. The van der Waals surface area contributed by atoms with Crippen molar-refractivity contribution in [1.82, 2.24) is 41.2 Å². The van der Waals surface area contributed by atoms with E-state index in [9.17, 15) is 19.2 Å². The van der Waals surface area contributed by atoms with Crippen LogP contribution >= 0.6 is 0 Å². The average molecular weight is 404 g/mol. The Balaban J connectivity index is 1.90. The molecule has 0 aliphatic rings. The molecule has 12 nitrogen and oxygen atoms in total. The van der Waals surface area contributed by atoms with E-state index in [1.54, 1.807) is 6.20 Å². The number of rotatable bonds is 10. The van der Waals surface area contributed by atoms with Gasteiger partial charge in [-0.15, -0.1) is 0 Å².